The van der Waals surface area contributed by atoms with Crippen LogP contribution in [0.15, 0.2) is 30.3 Å². The maximum atomic E-state index is 10.8. The number of halogens is 1. The van der Waals surface area contributed by atoms with E-state index in [-0.39, 0.29) is 22.2 Å². The summed E-state index contributed by atoms with van der Waals surface area (Å²) in [6.45, 7) is 0. The molecule has 1 aromatic heterocycles. The highest BCUT2D eigenvalue weighted by Crippen LogP contribution is 2.38. The smallest absolute Gasteiger partial charge is 0.271 e. The van der Waals surface area contributed by atoms with E-state index in [1.165, 1.54) is 25.3 Å². The van der Waals surface area contributed by atoms with Crippen LogP contribution in [0.1, 0.15) is 0 Å². The van der Waals surface area contributed by atoms with E-state index in [2.05, 4.69) is 9.97 Å². The van der Waals surface area contributed by atoms with Gasteiger partial charge in [-0.15, -0.1) is 0 Å². The van der Waals surface area contributed by atoms with Gasteiger partial charge in [0.15, 0.2) is 11.5 Å². The number of rotatable bonds is 3. The van der Waals surface area contributed by atoms with Crippen molar-refractivity contribution in [2.24, 2.45) is 0 Å². The molecule has 0 atom stereocenters. The third kappa shape index (κ3) is 2.31. The Hall–Kier alpha value is -2.80. The number of imidazole rings is 1. The summed E-state index contributed by atoms with van der Waals surface area (Å²) in [4.78, 5) is 17.7. The van der Waals surface area contributed by atoms with E-state index in [1.807, 2.05) is 0 Å². The number of nitrogens with zero attached hydrogens (tertiary/aromatic N) is 2. The lowest BCUT2D eigenvalue weighted by atomic mass is 10.2. The molecule has 8 heteroatoms. The Morgan fingerprint density at radius 2 is 2.14 bits per heavy atom. The van der Waals surface area contributed by atoms with Gasteiger partial charge >= 0.3 is 0 Å². The Kier molecular flexibility index (Phi) is 3.34. The molecule has 0 bridgehead atoms. The number of nitro groups is 1. The molecule has 112 valence electrons. The largest absolute Gasteiger partial charge is 0.503 e. The van der Waals surface area contributed by atoms with E-state index in [9.17, 15) is 15.2 Å². The van der Waals surface area contributed by atoms with E-state index in [0.717, 1.165) is 0 Å². The number of aromatic hydroxyl groups is 1. The fourth-order valence-corrected chi connectivity index (χ4v) is 2.32. The van der Waals surface area contributed by atoms with Crippen molar-refractivity contribution >= 4 is 28.3 Å². The van der Waals surface area contributed by atoms with Crippen molar-refractivity contribution in [2.75, 3.05) is 7.11 Å². The number of phenolic OH excluding ortho intramolecular Hbond substituents is 1. The molecule has 22 heavy (non-hydrogen) atoms. The number of hydrogen-bond donors (Lipinski definition) is 2. The Bertz CT molecular complexity index is 891. The predicted molar refractivity (Wildman–Crippen MR) is 81.4 cm³/mol. The van der Waals surface area contributed by atoms with Crippen LogP contribution in [0, 0.1) is 10.1 Å². The summed E-state index contributed by atoms with van der Waals surface area (Å²) in [7, 11) is 1.41. The van der Waals surface area contributed by atoms with E-state index < -0.39 is 4.92 Å². The average molecular weight is 320 g/mol. The lowest BCUT2D eigenvalue weighted by molar-refractivity contribution is -0.384. The van der Waals surface area contributed by atoms with Crippen molar-refractivity contribution in [1.29, 1.82) is 0 Å². The van der Waals surface area contributed by atoms with Gasteiger partial charge in [-0.2, -0.15) is 0 Å². The summed E-state index contributed by atoms with van der Waals surface area (Å²) < 4.78 is 5.05. The van der Waals surface area contributed by atoms with Crippen LogP contribution >= 0.6 is 11.6 Å². The highest BCUT2D eigenvalue weighted by Gasteiger charge is 2.14. The standard InChI is InChI=1S/C14H10ClN3O4/c1-22-12-5-7(4-9(15)13(12)19)14-16-10-3-2-8(18(20)21)6-11(10)17-14/h2-6,19H,1H3,(H,16,17). The summed E-state index contributed by atoms with van der Waals surface area (Å²) >= 11 is 5.95. The number of phenols is 1. The van der Waals surface area contributed by atoms with Crippen LogP contribution in [-0.2, 0) is 0 Å². The quantitative estimate of drug-likeness (QED) is 0.568. The van der Waals surface area contributed by atoms with Gasteiger partial charge in [0.05, 0.1) is 28.1 Å². The molecule has 0 aliphatic carbocycles. The van der Waals surface area contributed by atoms with Crippen molar-refractivity contribution in [3.8, 4) is 22.9 Å². The van der Waals surface area contributed by atoms with Crippen molar-refractivity contribution in [2.45, 2.75) is 0 Å². The van der Waals surface area contributed by atoms with Gasteiger partial charge in [0, 0.05) is 17.7 Å². The normalized spacial score (nSPS) is 10.8. The fourth-order valence-electron chi connectivity index (χ4n) is 2.11. The fraction of sp³-hybridized carbons (Fsp3) is 0.0714. The molecule has 1 heterocycles. The third-order valence-corrected chi connectivity index (χ3v) is 3.49. The maximum Gasteiger partial charge on any atom is 0.271 e. The maximum absolute atomic E-state index is 10.8. The lowest BCUT2D eigenvalue weighted by Gasteiger charge is -2.06. The first-order chi connectivity index (χ1) is 10.5. The number of nitro benzene ring substituents is 1. The second kappa shape index (κ2) is 5.19. The molecule has 0 fully saturated rings. The van der Waals surface area contributed by atoms with Crippen molar-refractivity contribution in [3.05, 3.63) is 45.5 Å². The highest BCUT2D eigenvalue weighted by atomic mass is 35.5. The third-order valence-electron chi connectivity index (χ3n) is 3.20. The van der Waals surface area contributed by atoms with E-state index in [4.69, 9.17) is 16.3 Å². The molecule has 2 N–H and O–H groups in total. The van der Waals surface area contributed by atoms with Crippen LogP contribution in [0.5, 0.6) is 11.5 Å². The number of fused-ring (bicyclic) bond motifs is 1. The number of benzene rings is 2. The highest BCUT2D eigenvalue weighted by molar-refractivity contribution is 6.32. The summed E-state index contributed by atoms with van der Waals surface area (Å²) in [5.74, 6) is 0.532. The molecule has 2 aromatic carbocycles. The van der Waals surface area contributed by atoms with Gasteiger partial charge in [-0.1, -0.05) is 11.6 Å². The predicted octanol–water partition coefficient (Wildman–Crippen LogP) is 3.51. The van der Waals surface area contributed by atoms with Gasteiger partial charge < -0.3 is 14.8 Å². The minimum absolute atomic E-state index is 0.0241. The Morgan fingerprint density at radius 3 is 2.82 bits per heavy atom. The second-order valence-electron chi connectivity index (χ2n) is 4.55. The van der Waals surface area contributed by atoms with Crippen molar-refractivity contribution in [3.63, 3.8) is 0 Å². The summed E-state index contributed by atoms with van der Waals surface area (Å²) in [5.41, 5.74) is 1.69. The van der Waals surface area contributed by atoms with Gasteiger partial charge in [0.25, 0.3) is 5.69 Å². The van der Waals surface area contributed by atoms with Crippen LogP contribution in [-0.4, -0.2) is 27.1 Å². The van der Waals surface area contributed by atoms with Crippen LogP contribution < -0.4 is 4.74 Å². The van der Waals surface area contributed by atoms with Crippen LogP contribution in [0.3, 0.4) is 0 Å². The molecular formula is C14H10ClN3O4. The molecule has 7 nitrogen and oxygen atoms in total. The molecule has 0 saturated heterocycles. The van der Waals surface area contributed by atoms with Gasteiger partial charge in [-0.25, -0.2) is 4.98 Å². The lowest BCUT2D eigenvalue weighted by Crippen LogP contribution is -1.87. The molecule has 0 aliphatic heterocycles. The SMILES string of the molecule is COc1cc(-c2nc3ccc([N+](=O)[O-])cc3[nH]2)cc(Cl)c1O. The minimum atomic E-state index is -0.472. The molecule has 3 aromatic rings. The Balaban J connectivity index is 2.14. The number of aromatic nitrogens is 2. The summed E-state index contributed by atoms with van der Waals surface area (Å²) in [6, 6.07) is 7.47. The number of H-pyrrole nitrogens is 1. The zero-order valence-corrected chi connectivity index (χ0v) is 12.1. The number of nitrogens with one attached hydrogen (secondary N) is 1. The van der Waals surface area contributed by atoms with Gasteiger partial charge in [0.1, 0.15) is 5.82 Å². The first kappa shape index (κ1) is 14.2. The molecule has 0 amide bonds. The molecule has 0 unspecified atom stereocenters. The molecule has 0 saturated carbocycles. The van der Waals surface area contributed by atoms with Gasteiger partial charge in [-0.05, 0) is 18.2 Å². The Morgan fingerprint density at radius 1 is 1.36 bits per heavy atom. The number of ether oxygens (including phenoxy) is 1. The minimum Gasteiger partial charge on any atom is -0.503 e. The van der Waals surface area contributed by atoms with Crippen LogP contribution in [0.4, 0.5) is 5.69 Å². The molecule has 0 radical (unpaired) electrons. The number of hydrogen-bond acceptors (Lipinski definition) is 5. The van der Waals surface area contributed by atoms with Crippen molar-refractivity contribution in [1.82, 2.24) is 9.97 Å². The summed E-state index contributed by atoms with van der Waals surface area (Å²) in [6.07, 6.45) is 0. The van der Waals surface area contributed by atoms with Crippen molar-refractivity contribution < 1.29 is 14.8 Å². The zero-order valence-electron chi connectivity index (χ0n) is 11.3. The average Bonchev–Trinajstić information content (AvgIpc) is 2.92. The van der Waals surface area contributed by atoms with Crippen LogP contribution in [0.25, 0.3) is 22.4 Å². The second-order valence-corrected chi connectivity index (χ2v) is 4.96. The van der Waals surface area contributed by atoms with Crippen LogP contribution in [0.2, 0.25) is 5.02 Å². The first-order valence-corrected chi connectivity index (χ1v) is 6.58. The monoisotopic (exact) mass is 319 g/mol. The molecule has 0 spiro atoms. The summed E-state index contributed by atoms with van der Waals surface area (Å²) in [5, 5.41) is 20.7. The van der Waals surface area contributed by atoms with Gasteiger partial charge in [0.2, 0.25) is 0 Å². The molecular weight excluding hydrogens is 310 g/mol. The van der Waals surface area contributed by atoms with Gasteiger partial charge in [-0.3, -0.25) is 10.1 Å². The topological polar surface area (TPSA) is 101 Å². The number of non-ortho nitro benzene ring substituents is 1. The van der Waals surface area contributed by atoms with E-state index >= 15 is 0 Å². The molecule has 3 rings (SSSR count). The first-order valence-electron chi connectivity index (χ1n) is 6.20. The Labute approximate surface area is 129 Å². The number of methoxy groups -OCH3 is 1. The zero-order chi connectivity index (χ0) is 15.9. The molecule has 0 aliphatic rings. The van der Waals surface area contributed by atoms with E-state index in [1.54, 1.807) is 12.1 Å². The van der Waals surface area contributed by atoms with E-state index in [0.29, 0.717) is 22.4 Å². The number of aromatic amines is 1.